The number of halogens is 1. The maximum absolute atomic E-state index is 5.60. The zero-order valence-corrected chi connectivity index (χ0v) is 9.22. The van der Waals surface area contributed by atoms with Gasteiger partial charge < -0.3 is 11.5 Å². The molecule has 68 valence electrons. The molecule has 0 saturated heterocycles. The van der Waals surface area contributed by atoms with Gasteiger partial charge in [-0.15, -0.1) is 0 Å². The van der Waals surface area contributed by atoms with E-state index in [1.165, 1.54) is 32.1 Å². The van der Waals surface area contributed by atoms with E-state index < -0.39 is 0 Å². The lowest BCUT2D eigenvalue weighted by atomic mass is 10.1. The fourth-order valence-electron chi connectivity index (χ4n) is 1.01. The van der Waals surface area contributed by atoms with Crippen molar-refractivity contribution in [2.75, 3.05) is 6.54 Å². The Bertz CT molecular complexity index is 76.5. The molecule has 1 unspecified atom stereocenters. The van der Waals surface area contributed by atoms with Gasteiger partial charge >= 0.3 is 0 Å². The zero-order chi connectivity index (χ0) is 8.53. The Hall–Kier alpha value is 0.650. The number of rotatable bonds is 7. The molecule has 0 spiro atoms. The van der Waals surface area contributed by atoms with Gasteiger partial charge in [-0.05, 0) is 19.4 Å². The lowest BCUT2D eigenvalue weighted by Gasteiger charge is -2.02. The number of hydrogen-bond acceptors (Lipinski definition) is 2. The molecule has 2 nitrogen and oxygen atoms in total. The molecule has 0 amide bonds. The van der Waals surface area contributed by atoms with Crippen LogP contribution in [0, 0.1) is 0 Å². The molecule has 0 saturated carbocycles. The van der Waals surface area contributed by atoms with Gasteiger partial charge in [0.1, 0.15) is 0 Å². The Kier molecular flexibility index (Phi) is 9.26. The van der Waals surface area contributed by atoms with Crippen molar-refractivity contribution in [3.05, 3.63) is 0 Å². The van der Waals surface area contributed by atoms with E-state index in [0.717, 1.165) is 13.0 Å². The highest BCUT2D eigenvalue weighted by molar-refractivity contribution is 14.1. The lowest BCUT2D eigenvalue weighted by molar-refractivity contribution is 0.597. The number of hydrogen-bond donors (Lipinski definition) is 2. The second kappa shape index (κ2) is 8.74. The summed E-state index contributed by atoms with van der Waals surface area (Å²) in [6, 6.07) is 0. The smallest absolute Gasteiger partial charge is 0.0568 e. The van der Waals surface area contributed by atoms with Crippen molar-refractivity contribution in [3.63, 3.8) is 0 Å². The minimum Gasteiger partial charge on any atom is -0.330 e. The van der Waals surface area contributed by atoms with Crippen LogP contribution < -0.4 is 11.5 Å². The average molecular weight is 270 g/mol. The van der Waals surface area contributed by atoms with Crippen LogP contribution in [-0.4, -0.2) is 10.6 Å². The van der Waals surface area contributed by atoms with Crippen LogP contribution in [-0.2, 0) is 0 Å². The third-order valence-electron chi connectivity index (χ3n) is 1.68. The Labute approximate surface area is 83.2 Å². The van der Waals surface area contributed by atoms with Gasteiger partial charge in [-0.25, -0.2) is 0 Å². The standard InChI is InChI=1S/C8H19IN2/c9-8(11)6-4-2-1-3-5-7-10/h8H,1-7,10-11H2. The van der Waals surface area contributed by atoms with Gasteiger partial charge in [-0.2, -0.15) is 0 Å². The Morgan fingerprint density at radius 3 is 2.09 bits per heavy atom. The first kappa shape index (κ1) is 11.6. The molecule has 0 radical (unpaired) electrons. The summed E-state index contributed by atoms with van der Waals surface area (Å²) >= 11 is 2.27. The van der Waals surface area contributed by atoms with Crippen LogP contribution in [0.25, 0.3) is 0 Å². The molecular formula is C8H19IN2. The van der Waals surface area contributed by atoms with E-state index in [2.05, 4.69) is 22.6 Å². The van der Waals surface area contributed by atoms with Crippen LogP contribution in [0.4, 0.5) is 0 Å². The molecule has 0 aliphatic carbocycles. The summed E-state index contributed by atoms with van der Waals surface area (Å²) in [7, 11) is 0. The first-order valence-corrected chi connectivity index (χ1v) is 5.61. The molecule has 1 atom stereocenters. The molecule has 0 heterocycles. The highest BCUT2D eigenvalue weighted by Crippen LogP contribution is 2.08. The molecule has 0 aromatic rings. The Balaban J connectivity index is 2.80. The van der Waals surface area contributed by atoms with Gasteiger partial charge in [-0.1, -0.05) is 48.3 Å². The summed E-state index contributed by atoms with van der Waals surface area (Å²) in [4.78, 5) is 0. The monoisotopic (exact) mass is 270 g/mol. The average Bonchev–Trinajstić information content (AvgIpc) is 1.96. The summed E-state index contributed by atoms with van der Waals surface area (Å²) in [5, 5.41) is 0. The molecule has 0 bridgehead atoms. The van der Waals surface area contributed by atoms with Crippen LogP contribution >= 0.6 is 22.6 Å². The van der Waals surface area contributed by atoms with Crippen LogP contribution in [0.15, 0.2) is 0 Å². The molecule has 0 aliphatic rings. The van der Waals surface area contributed by atoms with Crippen molar-refractivity contribution in [1.82, 2.24) is 0 Å². The van der Waals surface area contributed by atoms with Crippen LogP contribution in [0.1, 0.15) is 38.5 Å². The summed E-state index contributed by atoms with van der Waals surface area (Å²) in [6.45, 7) is 0.839. The van der Waals surface area contributed by atoms with Crippen molar-refractivity contribution in [2.45, 2.75) is 42.6 Å². The minimum atomic E-state index is 0.349. The highest BCUT2D eigenvalue weighted by atomic mass is 127. The molecule has 3 heteroatoms. The van der Waals surface area contributed by atoms with E-state index in [1.807, 2.05) is 0 Å². The third-order valence-corrected chi connectivity index (χ3v) is 2.31. The topological polar surface area (TPSA) is 52.0 Å². The second-order valence-electron chi connectivity index (χ2n) is 2.86. The van der Waals surface area contributed by atoms with E-state index in [9.17, 15) is 0 Å². The minimum absolute atomic E-state index is 0.349. The molecule has 0 aromatic carbocycles. The largest absolute Gasteiger partial charge is 0.330 e. The number of alkyl halides is 1. The molecule has 11 heavy (non-hydrogen) atoms. The first-order chi connectivity index (χ1) is 5.27. The fraction of sp³-hybridized carbons (Fsp3) is 1.00. The predicted molar refractivity (Wildman–Crippen MR) is 58.8 cm³/mol. The first-order valence-electron chi connectivity index (χ1n) is 4.37. The van der Waals surface area contributed by atoms with E-state index >= 15 is 0 Å². The molecule has 0 aliphatic heterocycles. The summed E-state index contributed by atoms with van der Waals surface area (Å²) in [5.74, 6) is 0. The number of unbranched alkanes of at least 4 members (excludes halogenated alkanes) is 4. The van der Waals surface area contributed by atoms with Crippen molar-refractivity contribution in [2.24, 2.45) is 11.5 Å². The van der Waals surface area contributed by atoms with Gasteiger partial charge in [0.05, 0.1) is 4.05 Å². The predicted octanol–water partition coefficient (Wildman–Crippen LogP) is 2.01. The van der Waals surface area contributed by atoms with Crippen molar-refractivity contribution in [3.8, 4) is 0 Å². The van der Waals surface area contributed by atoms with Gasteiger partial charge in [-0.3, -0.25) is 0 Å². The van der Waals surface area contributed by atoms with E-state index in [-0.39, 0.29) is 0 Å². The van der Waals surface area contributed by atoms with Crippen molar-refractivity contribution >= 4 is 22.6 Å². The Morgan fingerprint density at radius 2 is 1.55 bits per heavy atom. The molecule has 0 aromatic heterocycles. The van der Waals surface area contributed by atoms with Gasteiger partial charge in [0.25, 0.3) is 0 Å². The third kappa shape index (κ3) is 10.7. The van der Waals surface area contributed by atoms with Gasteiger partial charge in [0.15, 0.2) is 0 Å². The maximum Gasteiger partial charge on any atom is 0.0568 e. The zero-order valence-electron chi connectivity index (χ0n) is 7.06. The SMILES string of the molecule is NCCCCCCCC(N)I. The molecule has 0 rings (SSSR count). The van der Waals surface area contributed by atoms with Gasteiger partial charge in [0, 0.05) is 0 Å². The molecular weight excluding hydrogens is 251 g/mol. The maximum atomic E-state index is 5.60. The molecule has 4 N–H and O–H groups in total. The van der Waals surface area contributed by atoms with E-state index in [1.54, 1.807) is 0 Å². The summed E-state index contributed by atoms with van der Waals surface area (Å²) in [5.41, 5.74) is 11.0. The van der Waals surface area contributed by atoms with E-state index in [0.29, 0.717) is 4.05 Å². The van der Waals surface area contributed by atoms with Gasteiger partial charge in [0.2, 0.25) is 0 Å². The van der Waals surface area contributed by atoms with Crippen molar-refractivity contribution in [1.29, 1.82) is 0 Å². The fourth-order valence-corrected chi connectivity index (χ4v) is 1.45. The normalized spacial score (nSPS) is 13.4. The van der Waals surface area contributed by atoms with Crippen LogP contribution in [0.5, 0.6) is 0 Å². The highest BCUT2D eigenvalue weighted by Gasteiger charge is 1.94. The Morgan fingerprint density at radius 1 is 1.00 bits per heavy atom. The summed E-state index contributed by atoms with van der Waals surface area (Å²) in [6.07, 6.45) is 7.53. The van der Waals surface area contributed by atoms with Crippen LogP contribution in [0.3, 0.4) is 0 Å². The lowest BCUT2D eigenvalue weighted by Crippen LogP contribution is -2.09. The quantitative estimate of drug-likeness (QED) is 0.322. The summed E-state index contributed by atoms with van der Waals surface area (Å²) < 4.78 is 0.349. The van der Waals surface area contributed by atoms with Crippen molar-refractivity contribution < 1.29 is 0 Å². The van der Waals surface area contributed by atoms with E-state index in [4.69, 9.17) is 11.5 Å². The second-order valence-corrected chi connectivity index (χ2v) is 4.46. The molecule has 0 fully saturated rings. The van der Waals surface area contributed by atoms with Crippen LogP contribution in [0.2, 0.25) is 0 Å². The number of nitrogens with two attached hydrogens (primary N) is 2.